The van der Waals surface area contributed by atoms with E-state index in [2.05, 4.69) is 19.5 Å². The van der Waals surface area contributed by atoms with Crippen molar-refractivity contribution >= 4 is 32.0 Å². The molecule has 0 rings (SSSR count). The van der Waals surface area contributed by atoms with E-state index < -0.39 is 0 Å². The van der Waals surface area contributed by atoms with Crippen molar-refractivity contribution in [3.05, 3.63) is 0 Å². The number of hydrogen-bond acceptors (Lipinski definition) is 3. The molecule has 0 amide bonds. The van der Waals surface area contributed by atoms with E-state index in [1.807, 2.05) is 0 Å². The second kappa shape index (κ2) is 8.09. The molecule has 50 valence electrons. The van der Waals surface area contributed by atoms with Crippen molar-refractivity contribution in [3.63, 3.8) is 0 Å². The standard InChI is InChI=1S/C4H12NPS2/c1-2-3-4-7-5-8-6/h5H,2-4,6H2,1H3. The fraction of sp³-hybridized carbons (Fsp3) is 1.00. The van der Waals surface area contributed by atoms with Crippen LogP contribution in [0.2, 0.25) is 0 Å². The number of unbranched alkanes of at least 4 members (excludes halogenated alkanes) is 1. The molecule has 0 aliphatic carbocycles. The molecule has 1 N–H and O–H groups in total. The van der Waals surface area contributed by atoms with Gasteiger partial charge < -0.3 is 0 Å². The molecule has 4 heteroatoms. The number of nitrogens with one attached hydrogen (secondary N) is 1. The third-order valence-electron chi connectivity index (χ3n) is 0.707. The largest absolute Gasteiger partial charge is 0.205 e. The minimum absolute atomic E-state index is 1.22. The highest BCUT2D eigenvalue weighted by atomic mass is 32.7. The van der Waals surface area contributed by atoms with E-state index in [-0.39, 0.29) is 0 Å². The Morgan fingerprint density at radius 3 is 2.88 bits per heavy atom. The van der Waals surface area contributed by atoms with Crippen molar-refractivity contribution in [3.8, 4) is 0 Å². The van der Waals surface area contributed by atoms with Gasteiger partial charge in [-0.1, -0.05) is 45.3 Å². The predicted molar refractivity (Wildman–Crippen MR) is 47.8 cm³/mol. The third kappa shape index (κ3) is 7.09. The van der Waals surface area contributed by atoms with Gasteiger partial charge in [0.25, 0.3) is 0 Å². The SMILES string of the molecule is CCCCSNSP. The Hall–Kier alpha value is 1.09. The fourth-order valence-corrected chi connectivity index (χ4v) is 1.94. The summed E-state index contributed by atoms with van der Waals surface area (Å²) in [6.07, 6.45) is 2.60. The van der Waals surface area contributed by atoms with E-state index in [4.69, 9.17) is 0 Å². The first kappa shape index (κ1) is 9.09. The van der Waals surface area contributed by atoms with Crippen LogP contribution in [0.1, 0.15) is 19.8 Å². The van der Waals surface area contributed by atoms with E-state index in [0.29, 0.717) is 0 Å². The van der Waals surface area contributed by atoms with Crippen LogP contribution in [0.15, 0.2) is 0 Å². The van der Waals surface area contributed by atoms with Crippen molar-refractivity contribution in [1.82, 2.24) is 4.13 Å². The summed E-state index contributed by atoms with van der Waals surface area (Å²) >= 11 is 3.35. The van der Waals surface area contributed by atoms with Gasteiger partial charge in [-0.05, 0) is 6.42 Å². The lowest BCUT2D eigenvalue weighted by Crippen LogP contribution is -1.87. The van der Waals surface area contributed by atoms with E-state index in [1.54, 1.807) is 23.5 Å². The second-order valence-corrected chi connectivity index (χ2v) is 3.71. The molecule has 0 aromatic rings. The van der Waals surface area contributed by atoms with Crippen molar-refractivity contribution in [2.24, 2.45) is 0 Å². The highest BCUT2D eigenvalue weighted by Gasteiger charge is 1.82. The summed E-state index contributed by atoms with van der Waals surface area (Å²) in [5, 5.41) is 0. The first-order chi connectivity index (χ1) is 3.91. The van der Waals surface area contributed by atoms with Gasteiger partial charge in [-0.2, -0.15) is 0 Å². The van der Waals surface area contributed by atoms with Crippen molar-refractivity contribution in [2.45, 2.75) is 19.8 Å². The molecule has 0 bridgehead atoms. The van der Waals surface area contributed by atoms with E-state index in [1.165, 1.54) is 18.6 Å². The van der Waals surface area contributed by atoms with Crippen LogP contribution in [0.25, 0.3) is 0 Å². The zero-order chi connectivity index (χ0) is 6.24. The van der Waals surface area contributed by atoms with Crippen LogP contribution in [-0.2, 0) is 0 Å². The van der Waals surface area contributed by atoms with Gasteiger partial charge >= 0.3 is 0 Å². The summed E-state index contributed by atoms with van der Waals surface area (Å²) in [7, 11) is 2.55. The molecular formula is C4H12NPS2. The predicted octanol–water partition coefficient (Wildman–Crippen LogP) is 2.46. The highest BCUT2D eigenvalue weighted by molar-refractivity contribution is 8.45. The molecule has 0 aromatic heterocycles. The average Bonchev–Trinajstić information content (AvgIpc) is 1.81. The zero-order valence-electron chi connectivity index (χ0n) is 5.02. The molecule has 0 aliphatic heterocycles. The van der Waals surface area contributed by atoms with Crippen molar-refractivity contribution in [2.75, 3.05) is 5.75 Å². The van der Waals surface area contributed by atoms with Crippen LogP contribution in [-0.4, -0.2) is 5.75 Å². The van der Waals surface area contributed by atoms with Crippen LogP contribution in [0.3, 0.4) is 0 Å². The quantitative estimate of drug-likeness (QED) is 0.386. The van der Waals surface area contributed by atoms with E-state index in [9.17, 15) is 0 Å². The molecule has 0 aromatic carbocycles. The second-order valence-electron chi connectivity index (χ2n) is 1.40. The number of rotatable bonds is 5. The van der Waals surface area contributed by atoms with Gasteiger partial charge in [-0.25, -0.2) is 4.13 Å². The Morgan fingerprint density at radius 2 is 2.38 bits per heavy atom. The Kier molecular flexibility index (Phi) is 9.19. The van der Waals surface area contributed by atoms with Crippen LogP contribution in [0.4, 0.5) is 0 Å². The number of hydrogen-bond donors (Lipinski definition) is 1. The Bertz CT molecular complexity index is 39.0. The molecule has 0 saturated heterocycles. The molecule has 0 heterocycles. The zero-order valence-corrected chi connectivity index (χ0v) is 7.80. The normalized spacial score (nSPS) is 9.75. The topological polar surface area (TPSA) is 12.0 Å². The molecule has 0 radical (unpaired) electrons. The van der Waals surface area contributed by atoms with Crippen molar-refractivity contribution < 1.29 is 0 Å². The van der Waals surface area contributed by atoms with Gasteiger partial charge in [-0.3, -0.25) is 0 Å². The van der Waals surface area contributed by atoms with E-state index in [0.717, 1.165) is 0 Å². The van der Waals surface area contributed by atoms with Crippen LogP contribution in [0.5, 0.6) is 0 Å². The highest BCUT2D eigenvalue weighted by Crippen LogP contribution is 2.10. The summed E-state index contributed by atoms with van der Waals surface area (Å²) in [5.41, 5.74) is 0. The molecule has 0 spiro atoms. The van der Waals surface area contributed by atoms with Gasteiger partial charge in [0, 0.05) is 5.75 Å². The van der Waals surface area contributed by atoms with Crippen LogP contribution < -0.4 is 4.13 Å². The first-order valence-electron chi connectivity index (χ1n) is 2.64. The lowest BCUT2D eigenvalue weighted by Gasteiger charge is -1.95. The van der Waals surface area contributed by atoms with Gasteiger partial charge in [0.1, 0.15) is 0 Å². The van der Waals surface area contributed by atoms with Crippen LogP contribution >= 0.6 is 32.0 Å². The minimum atomic E-state index is 1.22. The summed E-state index contributed by atoms with van der Waals surface area (Å²) in [6, 6.07) is 0. The summed E-state index contributed by atoms with van der Waals surface area (Å²) < 4.78 is 3.08. The summed E-state index contributed by atoms with van der Waals surface area (Å²) in [6.45, 7) is 2.20. The maximum Gasteiger partial charge on any atom is 0.00867 e. The lowest BCUT2D eigenvalue weighted by molar-refractivity contribution is 0.896. The monoisotopic (exact) mass is 169 g/mol. The first-order valence-corrected chi connectivity index (χ1v) is 5.92. The summed E-state index contributed by atoms with van der Waals surface area (Å²) in [4.78, 5) is 0. The molecule has 0 saturated carbocycles. The maximum atomic E-state index is 3.08. The fourth-order valence-electron chi connectivity index (χ4n) is 0.292. The smallest absolute Gasteiger partial charge is 0.00867 e. The molecule has 1 unspecified atom stereocenters. The molecule has 8 heavy (non-hydrogen) atoms. The van der Waals surface area contributed by atoms with Crippen LogP contribution in [0, 0.1) is 0 Å². The molecule has 0 aliphatic rings. The Morgan fingerprint density at radius 1 is 1.62 bits per heavy atom. The minimum Gasteiger partial charge on any atom is -0.205 e. The van der Waals surface area contributed by atoms with Gasteiger partial charge in [0.2, 0.25) is 0 Å². The van der Waals surface area contributed by atoms with E-state index >= 15 is 0 Å². The summed E-state index contributed by atoms with van der Waals surface area (Å²) in [5.74, 6) is 1.22. The maximum absolute atomic E-state index is 3.08. The lowest BCUT2D eigenvalue weighted by atomic mass is 10.4. The average molecular weight is 169 g/mol. The molecular weight excluding hydrogens is 157 g/mol. The molecule has 1 nitrogen and oxygen atoms in total. The molecule has 0 fully saturated rings. The van der Waals surface area contributed by atoms with Gasteiger partial charge in [0.15, 0.2) is 0 Å². The van der Waals surface area contributed by atoms with Crippen molar-refractivity contribution in [1.29, 1.82) is 0 Å². The molecule has 1 atom stereocenters. The van der Waals surface area contributed by atoms with Gasteiger partial charge in [0.05, 0.1) is 0 Å². The Labute approximate surface area is 62.0 Å². The third-order valence-corrected chi connectivity index (χ3v) is 2.92. The Balaban J connectivity index is 2.53. The van der Waals surface area contributed by atoms with Gasteiger partial charge in [-0.15, -0.1) is 0 Å².